The molecule has 1 amide bonds. The van der Waals surface area contributed by atoms with Gasteiger partial charge in [-0.25, -0.2) is 4.79 Å². The van der Waals surface area contributed by atoms with Crippen molar-refractivity contribution < 1.29 is 9.53 Å². The zero-order chi connectivity index (χ0) is 18.1. The van der Waals surface area contributed by atoms with Gasteiger partial charge in [0.1, 0.15) is 6.61 Å². The molecule has 0 rings (SSSR count). The lowest BCUT2D eigenvalue weighted by molar-refractivity contribution is 0.0768. The van der Waals surface area contributed by atoms with Crippen LogP contribution in [0, 0.1) is 5.41 Å². The number of rotatable bonds is 16. The molecule has 0 spiro atoms. The summed E-state index contributed by atoms with van der Waals surface area (Å²) in [7, 11) is 0. The van der Waals surface area contributed by atoms with Crippen LogP contribution in [0.15, 0.2) is 0 Å². The number of alkyl carbamates (subject to hydrolysis) is 1. The summed E-state index contributed by atoms with van der Waals surface area (Å²) in [6.07, 6.45) is 7.50. The lowest BCUT2D eigenvalue weighted by Crippen LogP contribution is -2.46. The van der Waals surface area contributed by atoms with E-state index in [1.807, 2.05) is 0 Å². The standard InChI is InChI=1S/C19H41N3O2/c1-5-9-12-20-15-19(8-4,16-21-13-10-6-2)17-24-18(23)22-14-11-7-3/h20-21H,5-17H2,1-4H3,(H,22,23). The highest BCUT2D eigenvalue weighted by Gasteiger charge is 2.29. The molecule has 0 radical (unpaired) electrons. The highest BCUT2D eigenvalue weighted by atomic mass is 16.5. The molecule has 5 heteroatoms. The first-order chi connectivity index (χ1) is 11.6. The third-order valence-corrected chi connectivity index (χ3v) is 4.47. The molecule has 0 aromatic carbocycles. The fourth-order valence-corrected chi connectivity index (χ4v) is 2.46. The lowest BCUT2D eigenvalue weighted by Gasteiger charge is -2.33. The van der Waals surface area contributed by atoms with E-state index in [1.54, 1.807) is 0 Å². The Morgan fingerprint density at radius 3 is 1.79 bits per heavy atom. The molecule has 0 aliphatic rings. The van der Waals surface area contributed by atoms with Crippen LogP contribution in [0.4, 0.5) is 4.79 Å². The molecule has 24 heavy (non-hydrogen) atoms. The molecule has 0 bridgehead atoms. The fraction of sp³-hybridized carbons (Fsp3) is 0.947. The van der Waals surface area contributed by atoms with Gasteiger partial charge in [-0.15, -0.1) is 0 Å². The van der Waals surface area contributed by atoms with Gasteiger partial charge in [0, 0.05) is 25.0 Å². The van der Waals surface area contributed by atoms with Gasteiger partial charge >= 0.3 is 6.09 Å². The van der Waals surface area contributed by atoms with Crippen molar-refractivity contribution in [2.75, 3.05) is 39.3 Å². The summed E-state index contributed by atoms with van der Waals surface area (Å²) < 4.78 is 5.53. The molecule has 0 saturated heterocycles. The topological polar surface area (TPSA) is 62.4 Å². The van der Waals surface area contributed by atoms with E-state index in [-0.39, 0.29) is 11.5 Å². The van der Waals surface area contributed by atoms with Crippen molar-refractivity contribution in [3.63, 3.8) is 0 Å². The Morgan fingerprint density at radius 1 is 0.833 bits per heavy atom. The van der Waals surface area contributed by atoms with Crippen molar-refractivity contribution in [1.82, 2.24) is 16.0 Å². The molecule has 0 atom stereocenters. The van der Waals surface area contributed by atoms with Gasteiger partial charge in [-0.2, -0.15) is 0 Å². The van der Waals surface area contributed by atoms with Crippen molar-refractivity contribution in [2.45, 2.75) is 72.6 Å². The van der Waals surface area contributed by atoms with Crippen molar-refractivity contribution in [3.8, 4) is 0 Å². The first kappa shape index (κ1) is 23.2. The van der Waals surface area contributed by atoms with E-state index >= 15 is 0 Å². The molecular weight excluding hydrogens is 302 g/mol. The van der Waals surface area contributed by atoms with Gasteiger partial charge in [0.15, 0.2) is 0 Å². The zero-order valence-electron chi connectivity index (χ0n) is 16.5. The smallest absolute Gasteiger partial charge is 0.407 e. The largest absolute Gasteiger partial charge is 0.449 e. The fourth-order valence-electron chi connectivity index (χ4n) is 2.46. The van der Waals surface area contributed by atoms with Crippen molar-refractivity contribution in [3.05, 3.63) is 0 Å². The van der Waals surface area contributed by atoms with Crippen LogP contribution < -0.4 is 16.0 Å². The van der Waals surface area contributed by atoms with Crippen molar-refractivity contribution >= 4 is 6.09 Å². The second-order valence-corrected chi connectivity index (χ2v) is 6.77. The van der Waals surface area contributed by atoms with E-state index in [2.05, 4.69) is 43.6 Å². The van der Waals surface area contributed by atoms with Crippen LogP contribution in [0.2, 0.25) is 0 Å². The van der Waals surface area contributed by atoms with Gasteiger partial charge in [0.2, 0.25) is 0 Å². The van der Waals surface area contributed by atoms with E-state index in [1.165, 1.54) is 25.7 Å². The quantitative estimate of drug-likeness (QED) is 0.374. The molecule has 0 aromatic heterocycles. The summed E-state index contributed by atoms with van der Waals surface area (Å²) in [5, 5.41) is 9.92. The Balaban J connectivity index is 4.41. The molecular formula is C19H41N3O2. The molecule has 0 aliphatic heterocycles. The minimum atomic E-state index is -0.289. The van der Waals surface area contributed by atoms with Crippen molar-refractivity contribution in [2.24, 2.45) is 5.41 Å². The van der Waals surface area contributed by atoms with Crippen LogP contribution in [-0.4, -0.2) is 45.4 Å². The minimum Gasteiger partial charge on any atom is -0.449 e. The summed E-state index contributed by atoms with van der Waals surface area (Å²) in [5.41, 5.74) is -0.0381. The molecule has 0 aliphatic carbocycles. The second-order valence-electron chi connectivity index (χ2n) is 6.77. The van der Waals surface area contributed by atoms with Crippen LogP contribution in [0.1, 0.15) is 72.6 Å². The van der Waals surface area contributed by atoms with Gasteiger partial charge in [-0.1, -0.05) is 47.0 Å². The van der Waals surface area contributed by atoms with E-state index in [0.29, 0.717) is 13.2 Å². The second kappa shape index (κ2) is 15.7. The molecule has 3 N–H and O–H groups in total. The van der Waals surface area contributed by atoms with Crippen LogP contribution in [0.5, 0.6) is 0 Å². The first-order valence-electron chi connectivity index (χ1n) is 9.96. The SMILES string of the molecule is CCCCNCC(CC)(CNCCCC)COC(=O)NCCCC. The van der Waals surface area contributed by atoms with Gasteiger partial charge in [0.05, 0.1) is 0 Å². The maximum Gasteiger partial charge on any atom is 0.407 e. The summed E-state index contributed by atoms with van der Waals surface area (Å²) in [6.45, 7) is 13.6. The van der Waals surface area contributed by atoms with Crippen LogP contribution in [0.3, 0.4) is 0 Å². The number of hydrogen-bond donors (Lipinski definition) is 3. The third-order valence-electron chi connectivity index (χ3n) is 4.47. The third kappa shape index (κ3) is 11.7. The highest BCUT2D eigenvalue weighted by molar-refractivity contribution is 5.67. The molecule has 0 fully saturated rings. The Bertz CT molecular complexity index is 286. The molecule has 0 heterocycles. The Kier molecular flexibility index (Phi) is 15.2. The van der Waals surface area contributed by atoms with E-state index < -0.39 is 0 Å². The Labute approximate surface area is 149 Å². The molecule has 0 unspecified atom stereocenters. The summed E-state index contributed by atoms with van der Waals surface area (Å²) in [5.74, 6) is 0. The molecule has 144 valence electrons. The first-order valence-corrected chi connectivity index (χ1v) is 9.96. The normalized spacial score (nSPS) is 11.5. The maximum atomic E-state index is 11.9. The number of amides is 1. The number of nitrogens with one attached hydrogen (secondary N) is 3. The van der Waals surface area contributed by atoms with Crippen LogP contribution >= 0.6 is 0 Å². The van der Waals surface area contributed by atoms with Gasteiger partial charge in [-0.3, -0.25) is 0 Å². The number of carbonyl (C=O) groups excluding carboxylic acids is 1. The monoisotopic (exact) mass is 343 g/mol. The summed E-state index contributed by atoms with van der Waals surface area (Å²) in [4.78, 5) is 11.9. The summed E-state index contributed by atoms with van der Waals surface area (Å²) >= 11 is 0. The number of carbonyl (C=O) groups is 1. The molecule has 0 aromatic rings. The number of ether oxygens (including phenoxy) is 1. The molecule has 5 nitrogen and oxygen atoms in total. The Hall–Kier alpha value is -0.810. The number of unbranched alkanes of at least 4 members (excludes halogenated alkanes) is 3. The van der Waals surface area contributed by atoms with Gasteiger partial charge < -0.3 is 20.7 Å². The average molecular weight is 344 g/mol. The highest BCUT2D eigenvalue weighted by Crippen LogP contribution is 2.21. The van der Waals surface area contributed by atoms with Gasteiger partial charge in [0.25, 0.3) is 0 Å². The lowest BCUT2D eigenvalue weighted by atomic mass is 9.85. The van der Waals surface area contributed by atoms with E-state index in [4.69, 9.17) is 4.74 Å². The number of hydrogen-bond acceptors (Lipinski definition) is 4. The van der Waals surface area contributed by atoms with Crippen LogP contribution in [0.25, 0.3) is 0 Å². The van der Waals surface area contributed by atoms with Crippen molar-refractivity contribution in [1.29, 1.82) is 0 Å². The average Bonchev–Trinajstić information content (AvgIpc) is 2.60. The van der Waals surface area contributed by atoms with Crippen LogP contribution in [-0.2, 0) is 4.74 Å². The van der Waals surface area contributed by atoms with E-state index in [0.717, 1.165) is 45.4 Å². The molecule has 0 saturated carbocycles. The predicted molar refractivity (Wildman–Crippen MR) is 103 cm³/mol. The minimum absolute atomic E-state index is 0.0381. The van der Waals surface area contributed by atoms with Gasteiger partial charge in [-0.05, 0) is 38.8 Å². The maximum absolute atomic E-state index is 11.9. The van der Waals surface area contributed by atoms with E-state index in [9.17, 15) is 4.79 Å². The Morgan fingerprint density at radius 2 is 1.33 bits per heavy atom. The predicted octanol–water partition coefficient (Wildman–Crippen LogP) is 3.69. The summed E-state index contributed by atoms with van der Waals surface area (Å²) in [6, 6.07) is 0. The zero-order valence-corrected chi connectivity index (χ0v) is 16.5.